The summed E-state index contributed by atoms with van der Waals surface area (Å²) in [5.74, 6) is 6.03. The molecule has 17 heavy (non-hydrogen) atoms. The van der Waals surface area contributed by atoms with Gasteiger partial charge in [0.05, 0.1) is 0 Å². The zero-order chi connectivity index (χ0) is 12.8. The Morgan fingerprint density at radius 3 is 2.65 bits per heavy atom. The van der Waals surface area contributed by atoms with E-state index in [1.54, 1.807) is 6.08 Å². The highest BCUT2D eigenvalue weighted by molar-refractivity contribution is 5.65. The Morgan fingerprint density at radius 1 is 1.18 bits per heavy atom. The van der Waals surface area contributed by atoms with Gasteiger partial charge in [0, 0.05) is 19.8 Å². The molecule has 0 aromatic heterocycles. The zero-order valence-electron chi connectivity index (χ0n) is 10.9. The fourth-order valence-electron chi connectivity index (χ4n) is 1.16. The molecule has 0 aliphatic heterocycles. The van der Waals surface area contributed by atoms with Gasteiger partial charge in [-0.2, -0.15) is 0 Å². The number of unbranched alkanes of at least 4 members (excludes halogenated alkanes) is 4. The summed E-state index contributed by atoms with van der Waals surface area (Å²) in [6, 6.07) is 0. The minimum Gasteiger partial charge on any atom is -0.461 e. The number of carbonyl (C=O) groups is 1. The fraction of sp³-hybridized carbons (Fsp3) is 0.600. The van der Waals surface area contributed by atoms with Crippen LogP contribution in [0.5, 0.6) is 0 Å². The first-order valence-corrected chi connectivity index (χ1v) is 6.25. The highest BCUT2D eigenvalue weighted by Gasteiger charge is 1.85. The molecule has 0 spiro atoms. The highest BCUT2D eigenvalue weighted by Crippen LogP contribution is 1.97. The van der Waals surface area contributed by atoms with Crippen LogP contribution in [-0.2, 0) is 9.53 Å². The first kappa shape index (κ1) is 15.6. The van der Waals surface area contributed by atoms with Crippen LogP contribution in [0.4, 0.5) is 0 Å². The normalized spacial score (nSPS) is 8.59. The van der Waals surface area contributed by atoms with Gasteiger partial charge in [-0.15, -0.1) is 17.6 Å². The van der Waals surface area contributed by atoms with E-state index < -0.39 is 0 Å². The molecule has 0 atom stereocenters. The van der Waals surface area contributed by atoms with Gasteiger partial charge in [0.15, 0.2) is 0 Å². The van der Waals surface area contributed by atoms with Crippen molar-refractivity contribution < 1.29 is 9.53 Å². The van der Waals surface area contributed by atoms with Crippen LogP contribution < -0.4 is 0 Å². The lowest BCUT2D eigenvalue weighted by atomic mass is 10.2. The molecule has 0 aliphatic rings. The maximum Gasteiger partial charge on any atom is 0.302 e. The molecule has 0 aromatic carbocycles. The molecule has 0 heterocycles. The van der Waals surface area contributed by atoms with Gasteiger partial charge in [0.1, 0.15) is 6.61 Å². The standard InChI is InChI=1S/C15H22O2/c1-3-4-5-6-7-8-9-10-11-12-13-14-17-15(2)16/h11,13H,3-6,9-10,14H2,1-2H3. The summed E-state index contributed by atoms with van der Waals surface area (Å²) in [6.07, 6.45) is 10.1. The average Bonchev–Trinajstić information content (AvgIpc) is 2.30. The molecule has 2 heteroatoms. The molecule has 0 bridgehead atoms. The van der Waals surface area contributed by atoms with Crippen LogP contribution in [-0.4, -0.2) is 12.6 Å². The van der Waals surface area contributed by atoms with E-state index in [1.807, 2.05) is 6.08 Å². The van der Waals surface area contributed by atoms with Crippen molar-refractivity contribution in [3.05, 3.63) is 17.9 Å². The lowest BCUT2D eigenvalue weighted by Gasteiger charge is -1.91. The number of hydrogen-bond acceptors (Lipinski definition) is 2. The van der Waals surface area contributed by atoms with Crippen LogP contribution in [0.3, 0.4) is 0 Å². The molecule has 0 rings (SSSR count). The van der Waals surface area contributed by atoms with E-state index in [2.05, 4.69) is 24.5 Å². The number of rotatable bonds is 7. The topological polar surface area (TPSA) is 26.3 Å². The quantitative estimate of drug-likeness (QED) is 0.291. The number of ether oxygens (including phenoxy) is 1. The third-order valence-electron chi connectivity index (χ3n) is 2.05. The lowest BCUT2D eigenvalue weighted by molar-refractivity contribution is -0.139. The predicted octanol–water partition coefficient (Wildman–Crippen LogP) is 3.62. The minimum absolute atomic E-state index is 0.263. The summed E-state index contributed by atoms with van der Waals surface area (Å²) in [6.45, 7) is 3.89. The first-order valence-electron chi connectivity index (χ1n) is 6.25. The molecule has 0 aliphatic carbocycles. The van der Waals surface area contributed by atoms with Crippen molar-refractivity contribution in [2.24, 2.45) is 0 Å². The summed E-state index contributed by atoms with van der Waals surface area (Å²) >= 11 is 0. The maximum absolute atomic E-state index is 10.4. The second-order valence-corrected chi connectivity index (χ2v) is 3.73. The molecule has 0 aromatic rings. The van der Waals surface area contributed by atoms with E-state index in [4.69, 9.17) is 4.74 Å². The Kier molecular flexibility index (Phi) is 11.5. The van der Waals surface area contributed by atoms with Crippen LogP contribution in [0.25, 0.3) is 0 Å². The van der Waals surface area contributed by atoms with Crippen molar-refractivity contribution >= 4 is 5.97 Å². The Labute approximate surface area is 105 Å². The predicted molar refractivity (Wildman–Crippen MR) is 70.4 cm³/mol. The van der Waals surface area contributed by atoms with Gasteiger partial charge in [-0.25, -0.2) is 0 Å². The summed E-state index contributed by atoms with van der Waals surface area (Å²) in [5.41, 5.74) is 2.96. The van der Waals surface area contributed by atoms with Crippen LogP contribution in [0.15, 0.2) is 17.9 Å². The molecule has 0 N–H and O–H groups in total. The Hall–Kier alpha value is -1.45. The van der Waals surface area contributed by atoms with Crippen molar-refractivity contribution in [2.45, 2.75) is 52.4 Å². The summed E-state index contributed by atoms with van der Waals surface area (Å²) in [7, 11) is 0. The average molecular weight is 234 g/mol. The Balaban J connectivity index is 3.43. The van der Waals surface area contributed by atoms with Crippen molar-refractivity contribution in [2.75, 3.05) is 6.61 Å². The second kappa shape index (κ2) is 12.6. The molecule has 0 fully saturated rings. The van der Waals surface area contributed by atoms with E-state index in [9.17, 15) is 4.79 Å². The van der Waals surface area contributed by atoms with Gasteiger partial charge in [0.2, 0.25) is 0 Å². The van der Waals surface area contributed by atoms with Crippen molar-refractivity contribution in [1.29, 1.82) is 0 Å². The third kappa shape index (κ3) is 14.6. The SMILES string of the molecule is CCCCCC#CCCC=C=CCOC(C)=O. The van der Waals surface area contributed by atoms with E-state index in [0.29, 0.717) is 6.61 Å². The zero-order valence-corrected chi connectivity index (χ0v) is 10.9. The molecule has 0 unspecified atom stereocenters. The smallest absolute Gasteiger partial charge is 0.302 e. The Morgan fingerprint density at radius 2 is 1.94 bits per heavy atom. The third-order valence-corrected chi connectivity index (χ3v) is 2.05. The minimum atomic E-state index is -0.263. The van der Waals surface area contributed by atoms with Gasteiger partial charge < -0.3 is 4.74 Å². The second-order valence-electron chi connectivity index (χ2n) is 3.73. The molecule has 0 amide bonds. The molecular formula is C15H22O2. The summed E-state index contributed by atoms with van der Waals surface area (Å²) in [4.78, 5) is 10.4. The van der Waals surface area contributed by atoms with Crippen LogP contribution in [0, 0.1) is 11.8 Å². The Bertz CT molecular complexity index is 312. The van der Waals surface area contributed by atoms with E-state index in [1.165, 1.54) is 26.2 Å². The van der Waals surface area contributed by atoms with Crippen molar-refractivity contribution in [3.8, 4) is 11.8 Å². The summed E-state index contributed by atoms with van der Waals surface area (Å²) < 4.78 is 4.72. The summed E-state index contributed by atoms with van der Waals surface area (Å²) in [5, 5.41) is 0. The largest absolute Gasteiger partial charge is 0.461 e. The maximum atomic E-state index is 10.4. The van der Waals surface area contributed by atoms with Crippen LogP contribution in [0.2, 0.25) is 0 Å². The van der Waals surface area contributed by atoms with E-state index in [-0.39, 0.29) is 5.97 Å². The molecule has 94 valence electrons. The monoisotopic (exact) mass is 234 g/mol. The molecule has 2 nitrogen and oxygen atoms in total. The number of hydrogen-bond donors (Lipinski definition) is 0. The molecular weight excluding hydrogens is 212 g/mol. The number of carbonyl (C=O) groups excluding carboxylic acids is 1. The van der Waals surface area contributed by atoms with Crippen molar-refractivity contribution in [1.82, 2.24) is 0 Å². The van der Waals surface area contributed by atoms with Gasteiger partial charge in [-0.3, -0.25) is 4.79 Å². The van der Waals surface area contributed by atoms with Gasteiger partial charge >= 0.3 is 5.97 Å². The fourth-order valence-corrected chi connectivity index (χ4v) is 1.16. The lowest BCUT2D eigenvalue weighted by Crippen LogP contribution is -1.96. The molecule has 0 saturated heterocycles. The van der Waals surface area contributed by atoms with Gasteiger partial charge in [-0.1, -0.05) is 19.8 Å². The first-order chi connectivity index (χ1) is 8.27. The van der Waals surface area contributed by atoms with Crippen LogP contribution in [0.1, 0.15) is 52.4 Å². The molecule has 0 saturated carbocycles. The van der Waals surface area contributed by atoms with E-state index in [0.717, 1.165) is 19.3 Å². The number of esters is 1. The van der Waals surface area contributed by atoms with Gasteiger partial charge in [0.25, 0.3) is 0 Å². The van der Waals surface area contributed by atoms with Gasteiger partial charge in [-0.05, 0) is 25.0 Å². The van der Waals surface area contributed by atoms with Crippen LogP contribution >= 0.6 is 0 Å². The highest BCUT2D eigenvalue weighted by atomic mass is 16.5. The van der Waals surface area contributed by atoms with Crippen molar-refractivity contribution in [3.63, 3.8) is 0 Å². The van der Waals surface area contributed by atoms with E-state index >= 15 is 0 Å². The molecule has 0 radical (unpaired) electrons.